The number of carbonyl (C=O) groups is 2. The van der Waals surface area contributed by atoms with E-state index in [0.29, 0.717) is 50.2 Å². The average Bonchev–Trinajstić information content (AvgIpc) is 2.67. The Hall–Kier alpha value is -2.83. The fourth-order valence-corrected chi connectivity index (χ4v) is 3.46. The lowest BCUT2D eigenvalue weighted by Crippen LogP contribution is -2.42. The van der Waals surface area contributed by atoms with E-state index in [1.807, 2.05) is 18.2 Å². The lowest BCUT2D eigenvalue weighted by atomic mass is 9.96. The van der Waals surface area contributed by atoms with E-state index < -0.39 is 0 Å². The van der Waals surface area contributed by atoms with Gasteiger partial charge in [0.2, 0.25) is 11.8 Å². The molecule has 0 saturated carbocycles. The standard InChI is InChI=1S/C20H25N3O4/c1-13(24)23-9-6-14(7-10-23)19(25)21-8-5-16-11-15-3-4-17(27-2)12-18(15)22-20(16)26/h3-4,11-12,14H,5-10H2,1-2H3,(H,21,25)(H,22,26). The third kappa shape index (κ3) is 4.48. The van der Waals surface area contributed by atoms with Crippen molar-refractivity contribution in [2.24, 2.45) is 5.92 Å². The molecule has 0 unspecified atom stereocenters. The van der Waals surface area contributed by atoms with Gasteiger partial charge in [0.1, 0.15) is 5.75 Å². The van der Waals surface area contributed by atoms with Crippen LogP contribution in [0.1, 0.15) is 25.3 Å². The van der Waals surface area contributed by atoms with Gasteiger partial charge in [0.05, 0.1) is 12.6 Å². The molecule has 7 nitrogen and oxygen atoms in total. The summed E-state index contributed by atoms with van der Waals surface area (Å²) in [5, 5.41) is 3.85. The number of amides is 2. The lowest BCUT2D eigenvalue weighted by molar-refractivity contribution is -0.133. The SMILES string of the molecule is COc1ccc2cc(CCNC(=O)C3CCN(C(C)=O)CC3)c(=O)[nH]c2c1. The van der Waals surface area contributed by atoms with Crippen molar-refractivity contribution in [3.63, 3.8) is 0 Å². The molecule has 1 aliphatic heterocycles. The predicted molar refractivity (Wildman–Crippen MR) is 103 cm³/mol. The molecule has 7 heteroatoms. The number of nitrogens with one attached hydrogen (secondary N) is 2. The summed E-state index contributed by atoms with van der Waals surface area (Å²) < 4.78 is 5.17. The largest absolute Gasteiger partial charge is 0.497 e. The van der Waals surface area contributed by atoms with E-state index in [9.17, 15) is 14.4 Å². The molecule has 2 N–H and O–H groups in total. The van der Waals surface area contributed by atoms with Crippen LogP contribution in [0.2, 0.25) is 0 Å². The van der Waals surface area contributed by atoms with Gasteiger partial charge < -0.3 is 19.9 Å². The van der Waals surface area contributed by atoms with E-state index in [0.717, 1.165) is 10.9 Å². The van der Waals surface area contributed by atoms with Gasteiger partial charge in [-0.3, -0.25) is 14.4 Å². The Morgan fingerprint density at radius 1 is 1.26 bits per heavy atom. The van der Waals surface area contributed by atoms with Gasteiger partial charge in [0.15, 0.2) is 0 Å². The molecule has 0 bridgehead atoms. The van der Waals surface area contributed by atoms with Crippen LogP contribution in [0.25, 0.3) is 10.9 Å². The summed E-state index contributed by atoms with van der Waals surface area (Å²) in [6.45, 7) is 3.22. The third-order valence-electron chi connectivity index (χ3n) is 5.13. The van der Waals surface area contributed by atoms with Crippen molar-refractivity contribution in [2.45, 2.75) is 26.2 Å². The number of hydrogen-bond donors (Lipinski definition) is 2. The smallest absolute Gasteiger partial charge is 0.251 e. The fraction of sp³-hybridized carbons (Fsp3) is 0.450. The zero-order chi connectivity index (χ0) is 19.4. The fourth-order valence-electron chi connectivity index (χ4n) is 3.46. The summed E-state index contributed by atoms with van der Waals surface area (Å²) in [4.78, 5) is 40.6. The van der Waals surface area contributed by atoms with Crippen LogP contribution in [0.15, 0.2) is 29.1 Å². The first-order valence-electron chi connectivity index (χ1n) is 9.21. The van der Waals surface area contributed by atoms with Crippen molar-refractivity contribution in [2.75, 3.05) is 26.7 Å². The molecule has 0 aliphatic carbocycles. The van der Waals surface area contributed by atoms with Gasteiger partial charge in [0, 0.05) is 44.1 Å². The number of pyridine rings is 1. The number of benzene rings is 1. The molecule has 1 aromatic heterocycles. The molecule has 2 heterocycles. The quantitative estimate of drug-likeness (QED) is 0.832. The molecule has 1 aliphatic rings. The van der Waals surface area contributed by atoms with Crippen LogP contribution in [0.3, 0.4) is 0 Å². The number of nitrogens with zero attached hydrogens (tertiary/aromatic N) is 1. The lowest BCUT2D eigenvalue weighted by Gasteiger charge is -2.30. The van der Waals surface area contributed by atoms with Gasteiger partial charge in [-0.25, -0.2) is 0 Å². The number of fused-ring (bicyclic) bond motifs is 1. The topological polar surface area (TPSA) is 91.5 Å². The number of ether oxygens (including phenoxy) is 1. The molecule has 1 saturated heterocycles. The molecule has 3 rings (SSSR count). The number of piperidine rings is 1. The maximum atomic E-state index is 12.3. The number of rotatable bonds is 5. The molecule has 1 aromatic carbocycles. The minimum atomic E-state index is -0.153. The Morgan fingerprint density at radius 2 is 2.00 bits per heavy atom. The van der Waals surface area contributed by atoms with E-state index in [2.05, 4.69) is 10.3 Å². The highest BCUT2D eigenvalue weighted by Gasteiger charge is 2.25. The predicted octanol–water partition coefficient (Wildman–Crippen LogP) is 1.45. The van der Waals surface area contributed by atoms with Gasteiger partial charge in [-0.2, -0.15) is 0 Å². The second kappa shape index (κ2) is 8.24. The molecule has 0 radical (unpaired) electrons. The van der Waals surface area contributed by atoms with E-state index in [1.165, 1.54) is 0 Å². The molecule has 0 atom stereocenters. The monoisotopic (exact) mass is 371 g/mol. The molecular formula is C20H25N3O4. The summed E-state index contributed by atoms with van der Waals surface area (Å²) in [6.07, 6.45) is 1.84. The highest BCUT2D eigenvalue weighted by Crippen LogP contribution is 2.19. The van der Waals surface area contributed by atoms with Crippen molar-refractivity contribution in [1.82, 2.24) is 15.2 Å². The molecule has 27 heavy (non-hydrogen) atoms. The van der Waals surface area contributed by atoms with Crippen molar-refractivity contribution in [3.8, 4) is 5.75 Å². The number of likely N-dealkylation sites (tertiary alicyclic amines) is 1. The average molecular weight is 371 g/mol. The first-order valence-corrected chi connectivity index (χ1v) is 9.21. The van der Waals surface area contributed by atoms with E-state index >= 15 is 0 Å². The molecule has 1 fully saturated rings. The Kier molecular flexibility index (Phi) is 5.78. The van der Waals surface area contributed by atoms with Gasteiger partial charge in [-0.15, -0.1) is 0 Å². The summed E-state index contributed by atoms with van der Waals surface area (Å²) in [5.41, 5.74) is 1.21. The van der Waals surface area contributed by atoms with Gasteiger partial charge in [-0.05, 0) is 42.8 Å². The van der Waals surface area contributed by atoms with Crippen LogP contribution in [-0.4, -0.2) is 48.4 Å². The van der Waals surface area contributed by atoms with Crippen molar-refractivity contribution in [3.05, 3.63) is 40.2 Å². The van der Waals surface area contributed by atoms with Crippen LogP contribution in [0, 0.1) is 5.92 Å². The Bertz CT molecular complexity index is 898. The number of aromatic amines is 1. The first-order chi connectivity index (χ1) is 13.0. The van der Waals surface area contributed by atoms with Crippen LogP contribution in [0.4, 0.5) is 0 Å². The first kappa shape index (κ1) is 18.9. The zero-order valence-electron chi connectivity index (χ0n) is 15.7. The number of H-pyrrole nitrogens is 1. The van der Waals surface area contributed by atoms with Crippen molar-refractivity contribution < 1.29 is 14.3 Å². The Morgan fingerprint density at radius 3 is 2.67 bits per heavy atom. The van der Waals surface area contributed by atoms with E-state index in [4.69, 9.17) is 4.74 Å². The van der Waals surface area contributed by atoms with E-state index in [1.54, 1.807) is 25.0 Å². The van der Waals surface area contributed by atoms with Crippen LogP contribution in [-0.2, 0) is 16.0 Å². The second-order valence-corrected chi connectivity index (χ2v) is 6.90. The van der Waals surface area contributed by atoms with Crippen LogP contribution in [0.5, 0.6) is 5.75 Å². The number of carbonyl (C=O) groups excluding carboxylic acids is 2. The maximum Gasteiger partial charge on any atom is 0.251 e. The highest BCUT2D eigenvalue weighted by molar-refractivity contribution is 5.81. The normalized spacial score (nSPS) is 15.0. The zero-order valence-corrected chi connectivity index (χ0v) is 15.7. The maximum absolute atomic E-state index is 12.3. The Balaban J connectivity index is 1.56. The summed E-state index contributed by atoms with van der Waals surface area (Å²) in [7, 11) is 1.58. The third-order valence-corrected chi connectivity index (χ3v) is 5.13. The number of methoxy groups -OCH3 is 1. The summed E-state index contributed by atoms with van der Waals surface area (Å²) in [6, 6.07) is 7.38. The van der Waals surface area contributed by atoms with Gasteiger partial charge in [0.25, 0.3) is 5.56 Å². The Labute approximate surface area is 157 Å². The molecular weight excluding hydrogens is 346 g/mol. The van der Waals surface area contributed by atoms with Crippen molar-refractivity contribution in [1.29, 1.82) is 0 Å². The van der Waals surface area contributed by atoms with Gasteiger partial charge in [-0.1, -0.05) is 0 Å². The van der Waals surface area contributed by atoms with Crippen LogP contribution >= 0.6 is 0 Å². The minimum absolute atomic E-state index is 0.000145. The second-order valence-electron chi connectivity index (χ2n) is 6.90. The molecule has 2 amide bonds. The van der Waals surface area contributed by atoms with Crippen LogP contribution < -0.4 is 15.6 Å². The molecule has 2 aromatic rings. The van der Waals surface area contributed by atoms with Crippen molar-refractivity contribution >= 4 is 22.7 Å². The van der Waals surface area contributed by atoms with Gasteiger partial charge >= 0.3 is 0 Å². The summed E-state index contributed by atoms with van der Waals surface area (Å²) in [5.74, 6) is 0.680. The minimum Gasteiger partial charge on any atom is -0.497 e. The van der Waals surface area contributed by atoms with E-state index in [-0.39, 0.29) is 23.3 Å². The molecule has 0 spiro atoms. The highest BCUT2D eigenvalue weighted by atomic mass is 16.5. The number of aromatic nitrogens is 1. The molecule has 144 valence electrons. The summed E-state index contributed by atoms with van der Waals surface area (Å²) >= 11 is 0. The number of hydrogen-bond acceptors (Lipinski definition) is 4.